The third-order valence-corrected chi connectivity index (χ3v) is 3.69. The smallest absolute Gasteiger partial charge is 0.0393 e. The molecule has 0 saturated heterocycles. The summed E-state index contributed by atoms with van der Waals surface area (Å²) < 4.78 is 0. The Kier molecular flexibility index (Phi) is 5.86. The Bertz CT molecular complexity index is 297. The van der Waals surface area contributed by atoms with E-state index in [0.29, 0.717) is 23.9 Å². The second-order valence-corrected chi connectivity index (χ2v) is 6.10. The largest absolute Gasteiger partial charge is 0.388 e. The van der Waals surface area contributed by atoms with Crippen molar-refractivity contribution in [3.05, 3.63) is 11.8 Å². The van der Waals surface area contributed by atoms with Gasteiger partial charge in [-0.1, -0.05) is 13.8 Å². The number of hydrogen-bond donors (Lipinski definition) is 3. The zero-order valence-corrected chi connectivity index (χ0v) is 12.3. The average Bonchev–Trinajstić information content (AvgIpc) is 2.29. The number of hydrogen-bond acceptors (Lipinski definition) is 3. The quantitative estimate of drug-likeness (QED) is 0.658. The Balaban J connectivity index is 2.68. The van der Waals surface area contributed by atoms with Gasteiger partial charge in [0.1, 0.15) is 0 Å². The van der Waals surface area contributed by atoms with E-state index >= 15 is 0 Å². The minimum Gasteiger partial charge on any atom is -0.388 e. The molecule has 3 nitrogen and oxygen atoms in total. The fourth-order valence-corrected chi connectivity index (χ4v) is 2.46. The van der Waals surface area contributed by atoms with Crippen LogP contribution in [0.5, 0.6) is 0 Å². The Labute approximate surface area is 112 Å². The molecule has 104 valence electrons. The lowest BCUT2D eigenvalue weighted by Gasteiger charge is -2.28. The lowest BCUT2D eigenvalue weighted by Crippen LogP contribution is -2.31. The minimum atomic E-state index is 0.356. The van der Waals surface area contributed by atoms with Gasteiger partial charge in [-0.3, -0.25) is 0 Å². The normalized spacial score (nSPS) is 25.6. The third kappa shape index (κ3) is 4.45. The van der Waals surface area contributed by atoms with Crippen LogP contribution in [0, 0.1) is 17.2 Å². The highest BCUT2D eigenvalue weighted by Crippen LogP contribution is 2.28. The van der Waals surface area contributed by atoms with Crippen LogP contribution in [-0.4, -0.2) is 17.8 Å². The van der Waals surface area contributed by atoms with E-state index in [2.05, 4.69) is 33.0 Å². The van der Waals surface area contributed by atoms with Crippen LogP contribution in [0.2, 0.25) is 0 Å². The summed E-state index contributed by atoms with van der Waals surface area (Å²) in [4.78, 5) is 0. The third-order valence-electron chi connectivity index (χ3n) is 3.69. The fraction of sp³-hybridized carbons (Fsp3) is 0.800. The number of nitrogens with one attached hydrogen (secondary N) is 2. The fourth-order valence-electron chi connectivity index (χ4n) is 2.46. The van der Waals surface area contributed by atoms with Crippen LogP contribution in [-0.2, 0) is 0 Å². The van der Waals surface area contributed by atoms with Crippen molar-refractivity contribution in [3.63, 3.8) is 0 Å². The van der Waals surface area contributed by atoms with E-state index in [-0.39, 0.29) is 0 Å². The molecule has 0 spiro atoms. The van der Waals surface area contributed by atoms with Crippen LogP contribution in [0.15, 0.2) is 11.8 Å². The summed E-state index contributed by atoms with van der Waals surface area (Å²) in [5.74, 6) is 0.812. The first-order chi connectivity index (χ1) is 8.41. The van der Waals surface area contributed by atoms with Crippen molar-refractivity contribution in [1.82, 2.24) is 5.32 Å². The average molecular weight is 251 g/mol. The van der Waals surface area contributed by atoms with E-state index in [1.54, 1.807) is 0 Å². The van der Waals surface area contributed by atoms with Crippen LogP contribution in [0.3, 0.4) is 0 Å². The summed E-state index contributed by atoms with van der Waals surface area (Å²) in [7, 11) is 0. The standard InChI is InChI=1S/C15H29N3/c1-10(2)14(9-18-11(3)4)15(17)12-5-7-13(16)8-6-12/h9-13,17-18H,5-8,16H2,1-4H3/b14-9-,17-15?. The van der Waals surface area contributed by atoms with Crippen molar-refractivity contribution in [2.75, 3.05) is 0 Å². The molecule has 0 aliphatic heterocycles. The van der Waals surface area contributed by atoms with E-state index < -0.39 is 0 Å². The lowest BCUT2D eigenvalue weighted by atomic mass is 9.79. The molecular formula is C15H29N3. The SMILES string of the molecule is CC(C)N/C=C(\C(=N)C1CCC(N)CC1)C(C)C. The molecule has 0 unspecified atom stereocenters. The van der Waals surface area contributed by atoms with Crippen molar-refractivity contribution in [2.45, 2.75) is 65.5 Å². The van der Waals surface area contributed by atoms with Crippen molar-refractivity contribution >= 4 is 5.71 Å². The topological polar surface area (TPSA) is 61.9 Å². The first-order valence-electron chi connectivity index (χ1n) is 7.22. The van der Waals surface area contributed by atoms with E-state index in [0.717, 1.165) is 37.0 Å². The molecule has 0 aromatic rings. The maximum absolute atomic E-state index is 8.43. The maximum Gasteiger partial charge on any atom is 0.0393 e. The Morgan fingerprint density at radius 2 is 1.72 bits per heavy atom. The highest BCUT2D eigenvalue weighted by Gasteiger charge is 2.25. The molecule has 1 rings (SSSR count). The van der Waals surface area contributed by atoms with Crippen molar-refractivity contribution < 1.29 is 0 Å². The van der Waals surface area contributed by atoms with E-state index in [4.69, 9.17) is 11.1 Å². The molecule has 1 aliphatic carbocycles. The highest BCUT2D eigenvalue weighted by molar-refractivity contribution is 5.99. The van der Waals surface area contributed by atoms with Gasteiger partial charge in [-0.15, -0.1) is 0 Å². The zero-order valence-electron chi connectivity index (χ0n) is 12.3. The number of nitrogens with two attached hydrogens (primary N) is 1. The van der Waals surface area contributed by atoms with Gasteiger partial charge >= 0.3 is 0 Å². The number of rotatable bonds is 5. The molecule has 1 saturated carbocycles. The zero-order chi connectivity index (χ0) is 13.7. The second-order valence-electron chi connectivity index (χ2n) is 6.10. The van der Waals surface area contributed by atoms with Crippen LogP contribution in [0.1, 0.15) is 53.4 Å². The van der Waals surface area contributed by atoms with Crippen LogP contribution >= 0.6 is 0 Å². The molecular weight excluding hydrogens is 222 g/mol. The lowest BCUT2D eigenvalue weighted by molar-refractivity contribution is 0.389. The molecule has 1 aliphatic rings. The molecule has 0 atom stereocenters. The molecule has 3 heteroatoms. The van der Waals surface area contributed by atoms with Crippen LogP contribution in [0.25, 0.3) is 0 Å². The highest BCUT2D eigenvalue weighted by atomic mass is 14.9. The summed E-state index contributed by atoms with van der Waals surface area (Å²) in [5, 5.41) is 11.8. The Hall–Kier alpha value is -0.830. The first kappa shape index (κ1) is 15.2. The molecule has 0 bridgehead atoms. The van der Waals surface area contributed by atoms with Gasteiger partial charge in [-0.2, -0.15) is 0 Å². The van der Waals surface area contributed by atoms with Gasteiger partial charge in [0.2, 0.25) is 0 Å². The molecule has 0 radical (unpaired) electrons. The molecule has 1 fully saturated rings. The van der Waals surface area contributed by atoms with E-state index in [9.17, 15) is 0 Å². The first-order valence-corrected chi connectivity index (χ1v) is 7.22. The molecule has 0 heterocycles. The van der Waals surface area contributed by atoms with E-state index in [1.807, 2.05) is 6.20 Å². The summed E-state index contributed by atoms with van der Waals surface area (Å²) in [6.45, 7) is 8.57. The Morgan fingerprint density at radius 1 is 1.17 bits per heavy atom. The van der Waals surface area contributed by atoms with Gasteiger partial charge in [-0.05, 0) is 51.0 Å². The van der Waals surface area contributed by atoms with Crippen molar-refractivity contribution in [1.29, 1.82) is 5.41 Å². The second kappa shape index (κ2) is 6.93. The maximum atomic E-state index is 8.43. The Morgan fingerprint density at radius 3 is 2.17 bits per heavy atom. The van der Waals surface area contributed by atoms with Gasteiger partial charge in [0.15, 0.2) is 0 Å². The molecule has 0 amide bonds. The van der Waals surface area contributed by atoms with Crippen molar-refractivity contribution in [2.24, 2.45) is 17.6 Å². The van der Waals surface area contributed by atoms with E-state index in [1.165, 1.54) is 0 Å². The summed E-state index contributed by atoms with van der Waals surface area (Å²) in [6.07, 6.45) is 6.33. The summed E-state index contributed by atoms with van der Waals surface area (Å²) in [5.41, 5.74) is 7.91. The van der Waals surface area contributed by atoms with Gasteiger partial charge in [0.25, 0.3) is 0 Å². The molecule has 4 N–H and O–H groups in total. The van der Waals surface area contributed by atoms with Crippen molar-refractivity contribution in [3.8, 4) is 0 Å². The monoisotopic (exact) mass is 251 g/mol. The minimum absolute atomic E-state index is 0.356. The summed E-state index contributed by atoms with van der Waals surface area (Å²) >= 11 is 0. The van der Waals surface area contributed by atoms with Gasteiger partial charge < -0.3 is 16.5 Å². The van der Waals surface area contributed by atoms with Gasteiger partial charge in [-0.25, -0.2) is 0 Å². The summed E-state index contributed by atoms with van der Waals surface area (Å²) in [6, 6.07) is 0.778. The van der Waals surface area contributed by atoms with Crippen LogP contribution in [0.4, 0.5) is 0 Å². The van der Waals surface area contributed by atoms with Gasteiger partial charge in [0.05, 0.1) is 0 Å². The molecule has 0 aromatic heterocycles. The molecule has 0 aromatic carbocycles. The predicted molar refractivity (Wildman–Crippen MR) is 78.9 cm³/mol. The van der Waals surface area contributed by atoms with Gasteiger partial charge in [0, 0.05) is 29.9 Å². The molecule has 18 heavy (non-hydrogen) atoms. The predicted octanol–water partition coefficient (Wildman–Crippen LogP) is 3.06. The number of allylic oxidation sites excluding steroid dienone is 1. The van der Waals surface area contributed by atoms with Crippen LogP contribution < -0.4 is 11.1 Å².